The number of nitrogens with zero attached hydrogens (tertiary/aromatic N) is 1. The van der Waals surface area contributed by atoms with E-state index in [1.165, 1.54) is 0 Å². The van der Waals surface area contributed by atoms with Gasteiger partial charge in [-0.3, -0.25) is 0 Å². The van der Waals surface area contributed by atoms with Crippen LogP contribution in [0.5, 0.6) is 0 Å². The Balaban J connectivity index is 2.15. The highest BCUT2D eigenvalue weighted by atomic mass is 32.2. The summed E-state index contributed by atoms with van der Waals surface area (Å²) in [5, 5.41) is 0. The Kier molecular flexibility index (Phi) is 4.07. The molecule has 1 saturated heterocycles. The standard InChI is InChI=1S/C14H21NO2S/c1-3-13-8-10-15(11-9-13)18(16,17)14-6-4-12(2)5-7-14/h4-7,13H,3,8-11H2,1-2H3. The molecule has 0 unspecified atom stereocenters. The second-order valence-electron chi connectivity index (χ2n) is 5.07. The Morgan fingerprint density at radius 1 is 1.17 bits per heavy atom. The van der Waals surface area contributed by atoms with E-state index in [-0.39, 0.29) is 0 Å². The van der Waals surface area contributed by atoms with Crippen molar-refractivity contribution in [1.82, 2.24) is 4.31 Å². The molecule has 18 heavy (non-hydrogen) atoms. The zero-order valence-corrected chi connectivity index (χ0v) is 11.9. The van der Waals surface area contributed by atoms with E-state index in [1.54, 1.807) is 16.4 Å². The quantitative estimate of drug-likeness (QED) is 0.844. The Morgan fingerprint density at radius 3 is 2.22 bits per heavy atom. The van der Waals surface area contributed by atoms with Gasteiger partial charge < -0.3 is 0 Å². The molecule has 4 heteroatoms. The average molecular weight is 267 g/mol. The fourth-order valence-electron chi connectivity index (χ4n) is 2.42. The maximum Gasteiger partial charge on any atom is 0.243 e. The van der Waals surface area contributed by atoms with Gasteiger partial charge in [0.1, 0.15) is 0 Å². The Bertz CT molecular complexity index is 485. The van der Waals surface area contributed by atoms with Crippen molar-refractivity contribution in [3.05, 3.63) is 29.8 Å². The lowest BCUT2D eigenvalue weighted by atomic mass is 9.96. The first kappa shape index (κ1) is 13.6. The van der Waals surface area contributed by atoms with Gasteiger partial charge in [0.25, 0.3) is 0 Å². The van der Waals surface area contributed by atoms with Crippen LogP contribution < -0.4 is 0 Å². The third-order valence-corrected chi connectivity index (χ3v) is 5.72. The first-order valence-corrected chi connectivity index (χ1v) is 8.05. The summed E-state index contributed by atoms with van der Waals surface area (Å²) in [7, 11) is -3.28. The summed E-state index contributed by atoms with van der Waals surface area (Å²) >= 11 is 0. The molecule has 1 aromatic rings. The van der Waals surface area contributed by atoms with Crippen molar-refractivity contribution >= 4 is 10.0 Å². The minimum atomic E-state index is -3.28. The van der Waals surface area contributed by atoms with Crippen molar-refractivity contribution in [3.8, 4) is 0 Å². The molecule has 100 valence electrons. The van der Waals surface area contributed by atoms with Crippen LogP contribution in [0.15, 0.2) is 29.2 Å². The third kappa shape index (κ3) is 2.75. The molecule has 1 fully saturated rings. The predicted octanol–water partition coefficient (Wildman–Crippen LogP) is 2.81. The van der Waals surface area contributed by atoms with Gasteiger partial charge >= 0.3 is 0 Å². The van der Waals surface area contributed by atoms with Crippen LogP contribution in [0.3, 0.4) is 0 Å². The number of aryl methyl sites for hydroxylation is 1. The first-order valence-electron chi connectivity index (χ1n) is 6.61. The average Bonchev–Trinajstić information content (AvgIpc) is 2.39. The highest BCUT2D eigenvalue weighted by Crippen LogP contribution is 2.25. The molecule has 1 aliphatic heterocycles. The van der Waals surface area contributed by atoms with Crippen molar-refractivity contribution in [2.75, 3.05) is 13.1 Å². The normalized spacial score (nSPS) is 19.0. The fraction of sp³-hybridized carbons (Fsp3) is 0.571. The molecular formula is C14H21NO2S. The lowest BCUT2D eigenvalue weighted by molar-refractivity contribution is 0.269. The molecule has 3 nitrogen and oxygen atoms in total. The second kappa shape index (κ2) is 5.41. The molecule has 1 heterocycles. The van der Waals surface area contributed by atoms with Crippen LogP contribution in [-0.4, -0.2) is 25.8 Å². The maximum atomic E-state index is 12.4. The minimum Gasteiger partial charge on any atom is -0.207 e. The number of benzene rings is 1. The summed E-state index contributed by atoms with van der Waals surface area (Å²) < 4.78 is 26.5. The van der Waals surface area contributed by atoms with E-state index in [0.29, 0.717) is 23.9 Å². The SMILES string of the molecule is CCC1CCN(S(=O)(=O)c2ccc(C)cc2)CC1. The Hall–Kier alpha value is -0.870. The van der Waals surface area contributed by atoms with Gasteiger partial charge in [-0.05, 0) is 37.8 Å². The molecule has 0 aromatic heterocycles. The monoisotopic (exact) mass is 267 g/mol. The van der Waals surface area contributed by atoms with Crippen LogP contribution in [0.1, 0.15) is 31.7 Å². The highest BCUT2D eigenvalue weighted by Gasteiger charge is 2.28. The van der Waals surface area contributed by atoms with E-state index in [9.17, 15) is 8.42 Å². The lowest BCUT2D eigenvalue weighted by Crippen LogP contribution is -2.38. The van der Waals surface area contributed by atoms with Crippen LogP contribution in [0.4, 0.5) is 0 Å². The number of piperidine rings is 1. The number of rotatable bonds is 3. The molecule has 0 bridgehead atoms. The smallest absolute Gasteiger partial charge is 0.207 e. The van der Waals surface area contributed by atoms with Crippen molar-refractivity contribution < 1.29 is 8.42 Å². The largest absolute Gasteiger partial charge is 0.243 e. The second-order valence-corrected chi connectivity index (χ2v) is 7.01. The lowest BCUT2D eigenvalue weighted by Gasteiger charge is -2.30. The number of hydrogen-bond acceptors (Lipinski definition) is 2. The summed E-state index contributed by atoms with van der Waals surface area (Å²) in [6, 6.07) is 7.12. The maximum absolute atomic E-state index is 12.4. The minimum absolute atomic E-state index is 0.419. The molecular weight excluding hydrogens is 246 g/mol. The molecule has 0 aliphatic carbocycles. The van der Waals surface area contributed by atoms with Gasteiger partial charge in [-0.2, -0.15) is 4.31 Å². The summed E-state index contributed by atoms with van der Waals surface area (Å²) in [5.74, 6) is 0.689. The molecule has 2 rings (SSSR count). The van der Waals surface area contributed by atoms with Crippen molar-refractivity contribution in [2.24, 2.45) is 5.92 Å². The Morgan fingerprint density at radius 2 is 1.72 bits per heavy atom. The van der Waals surface area contributed by atoms with E-state index in [1.807, 2.05) is 19.1 Å². The van der Waals surface area contributed by atoms with Crippen LogP contribution in [0.25, 0.3) is 0 Å². The van der Waals surface area contributed by atoms with Gasteiger partial charge in [0.05, 0.1) is 4.90 Å². The molecule has 0 spiro atoms. The first-order chi connectivity index (χ1) is 8.54. The predicted molar refractivity (Wildman–Crippen MR) is 73.0 cm³/mol. The summed E-state index contributed by atoms with van der Waals surface area (Å²) in [6.07, 6.45) is 3.13. The van der Waals surface area contributed by atoms with Crippen LogP contribution in [0.2, 0.25) is 0 Å². The zero-order chi connectivity index (χ0) is 13.2. The van der Waals surface area contributed by atoms with Crippen molar-refractivity contribution in [2.45, 2.75) is 38.0 Å². The van der Waals surface area contributed by atoms with Gasteiger partial charge in [0.15, 0.2) is 0 Å². The molecule has 0 saturated carbocycles. The topological polar surface area (TPSA) is 37.4 Å². The van der Waals surface area contributed by atoms with E-state index in [2.05, 4.69) is 6.92 Å². The van der Waals surface area contributed by atoms with Gasteiger partial charge in [-0.1, -0.05) is 31.0 Å². The highest BCUT2D eigenvalue weighted by molar-refractivity contribution is 7.89. The van der Waals surface area contributed by atoms with Gasteiger partial charge in [-0.25, -0.2) is 8.42 Å². The fourth-order valence-corrected chi connectivity index (χ4v) is 3.89. The molecule has 0 atom stereocenters. The molecule has 0 radical (unpaired) electrons. The van der Waals surface area contributed by atoms with Crippen molar-refractivity contribution in [1.29, 1.82) is 0 Å². The van der Waals surface area contributed by atoms with E-state index >= 15 is 0 Å². The van der Waals surface area contributed by atoms with Gasteiger partial charge in [0, 0.05) is 13.1 Å². The van der Waals surface area contributed by atoms with Gasteiger partial charge in [-0.15, -0.1) is 0 Å². The molecule has 1 aromatic carbocycles. The Labute approximate surface area is 110 Å². The molecule has 0 N–H and O–H groups in total. The summed E-state index contributed by atoms with van der Waals surface area (Å²) in [6.45, 7) is 5.46. The zero-order valence-electron chi connectivity index (χ0n) is 11.1. The van der Waals surface area contributed by atoms with E-state index < -0.39 is 10.0 Å². The van der Waals surface area contributed by atoms with Gasteiger partial charge in [0.2, 0.25) is 10.0 Å². The van der Waals surface area contributed by atoms with Crippen LogP contribution >= 0.6 is 0 Å². The number of sulfonamides is 1. The summed E-state index contributed by atoms with van der Waals surface area (Å²) in [4.78, 5) is 0.419. The number of hydrogen-bond donors (Lipinski definition) is 0. The van der Waals surface area contributed by atoms with E-state index in [0.717, 1.165) is 24.8 Å². The molecule has 0 amide bonds. The summed E-state index contributed by atoms with van der Waals surface area (Å²) in [5.41, 5.74) is 1.08. The van der Waals surface area contributed by atoms with Crippen LogP contribution in [-0.2, 0) is 10.0 Å². The van der Waals surface area contributed by atoms with E-state index in [4.69, 9.17) is 0 Å². The van der Waals surface area contributed by atoms with Crippen molar-refractivity contribution in [3.63, 3.8) is 0 Å². The van der Waals surface area contributed by atoms with Crippen LogP contribution in [0, 0.1) is 12.8 Å². The third-order valence-electron chi connectivity index (χ3n) is 3.81. The molecule has 1 aliphatic rings.